The fraction of sp³-hybridized carbons (Fsp3) is 0.208. The summed E-state index contributed by atoms with van der Waals surface area (Å²) in [6, 6.07) is 21.6. The lowest BCUT2D eigenvalue weighted by molar-refractivity contribution is 0.309. The second kappa shape index (κ2) is 9.41. The maximum atomic E-state index is 6.28. The van der Waals surface area contributed by atoms with Crippen LogP contribution in [0.4, 0.5) is 5.95 Å². The van der Waals surface area contributed by atoms with Crippen LogP contribution < -0.4 is 10.1 Å². The van der Waals surface area contributed by atoms with Crippen LogP contribution in [0.25, 0.3) is 16.7 Å². The molecule has 0 aliphatic carbocycles. The number of fused-ring (bicyclic) bond motifs is 1. The van der Waals surface area contributed by atoms with Gasteiger partial charge < -0.3 is 10.1 Å². The number of aromatic nitrogens is 2. The number of halogens is 2. The van der Waals surface area contributed by atoms with Gasteiger partial charge in [-0.15, -0.1) is 0 Å². The van der Waals surface area contributed by atoms with Gasteiger partial charge in [0.25, 0.3) is 0 Å². The van der Waals surface area contributed by atoms with E-state index in [4.69, 9.17) is 32.9 Å². The highest BCUT2D eigenvalue weighted by atomic mass is 35.5. The maximum Gasteiger partial charge on any atom is 0.208 e. The van der Waals surface area contributed by atoms with E-state index in [1.807, 2.05) is 66.7 Å². The van der Waals surface area contributed by atoms with Gasteiger partial charge in [0.05, 0.1) is 17.6 Å². The summed E-state index contributed by atoms with van der Waals surface area (Å²) in [4.78, 5) is 4.78. The average Bonchev–Trinajstić information content (AvgIpc) is 3.11. The van der Waals surface area contributed by atoms with Crippen molar-refractivity contribution in [1.82, 2.24) is 9.55 Å². The van der Waals surface area contributed by atoms with Crippen LogP contribution in [-0.2, 0) is 6.54 Å². The number of nitrogens with one attached hydrogen (secondary N) is 1. The average molecular weight is 440 g/mol. The molecule has 4 aromatic rings. The Hall–Kier alpha value is -2.69. The van der Waals surface area contributed by atoms with Gasteiger partial charge in [0.1, 0.15) is 5.75 Å². The first-order valence-electron chi connectivity index (χ1n) is 10.0. The van der Waals surface area contributed by atoms with E-state index < -0.39 is 0 Å². The van der Waals surface area contributed by atoms with E-state index in [2.05, 4.69) is 16.8 Å². The molecule has 1 N–H and O–H groups in total. The molecule has 1 heterocycles. The number of hydrogen-bond donors (Lipinski definition) is 1. The summed E-state index contributed by atoms with van der Waals surface area (Å²) >= 11 is 12.3. The minimum Gasteiger partial charge on any atom is -0.494 e. The monoisotopic (exact) mass is 439 g/mol. The number of hydrogen-bond acceptors (Lipinski definition) is 3. The smallest absolute Gasteiger partial charge is 0.208 e. The third kappa shape index (κ3) is 4.72. The molecule has 154 valence electrons. The molecule has 30 heavy (non-hydrogen) atoms. The van der Waals surface area contributed by atoms with Crippen molar-refractivity contribution in [2.45, 2.75) is 26.3 Å². The van der Waals surface area contributed by atoms with Gasteiger partial charge in [-0.1, -0.05) is 48.7 Å². The first-order valence-corrected chi connectivity index (χ1v) is 10.8. The molecule has 0 saturated carbocycles. The predicted octanol–water partition coefficient (Wildman–Crippen LogP) is 7.12. The third-order valence-electron chi connectivity index (χ3n) is 4.84. The molecule has 4 rings (SSSR count). The number of rotatable bonds is 8. The molecule has 0 spiro atoms. The molecular formula is C24H23Cl2N3O. The quantitative estimate of drug-likeness (QED) is 0.297. The van der Waals surface area contributed by atoms with Gasteiger partial charge in [0.15, 0.2) is 0 Å². The van der Waals surface area contributed by atoms with E-state index in [1.165, 1.54) is 0 Å². The van der Waals surface area contributed by atoms with Gasteiger partial charge >= 0.3 is 0 Å². The summed E-state index contributed by atoms with van der Waals surface area (Å²) in [7, 11) is 0. The number of imidazole rings is 1. The molecule has 0 saturated heterocycles. The fourth-order valence-electron chi connectivity index (χ4n) is 3.24. The summed E-state index contributed by atoms with van der Waals surface area (Å²) in [6.07, 6.45) is 2.16. The number of ether oxygens (including phenoxy) is 1. The minimum atomic E-state index is 0.631. The van der Waals surface area contributed by atoms with Crippen molar-refractivity contribution in [3.05, 3.63) is 82.3 Å². The lowest BCUT2D eigenvalue weighted by Crippen LogP contribution is -2.06. The van der Waals surface area contributed by atoms with Gasteiger partial charge in [-0.2, -0.15) is 0 Å². The van der Waals surface area contributed by atoms with E-state index in [-0.39, 0.29) is 0 Å². The Morgan fingerprint density at radius 2 is 1.67 bits per heavy atom. The highest BCUT2D eigenvalue weighted by molar-refractivity contribution is 6.31. The van der Waals surface area contributed by atoms with Crippen LogP contribution >= 0.6 is 23.2 Å². The van der Waals surface area contributed by atoms with Crippen molar-refractivity contribution >= 4 is 40.2 Å². The van der Waals surface area contributed by atoms with Gasteiger partial charge in [-0.3, -0.25) is 4.57 Å². The van der Waals surface area contributed by atoms with Gasteiger partial charge in [-0.25, -0.2) is 4.98 Å². The van der Waals surface area contributed by atoms with Crippen molar-refractivity contribution in [1.29, 1.82) is 0 Å². The normalized spacial score (nSPS) is 11.0. The lowest BCUT2D eigenvalue weighted by atomic mass is 10.2. The Balaban J connectivity index is 1.65. The molecule has 6 heteroatoms. The molecule has 3 aromatic carbocycles. The van der Waals surface area contributed by atoms with Crippen LogP contribution in [0.15, 0.2) is 66.7 Å². The molecule has 0 bridgehead atoms. The standard InChI is InChI=1S/C24H23Cl2N3O/c1-2-3-14-30-21-11-9-20(10-12-21)29-23-15-19(26)8-13-22(23)28-24(29)27-16-17-4-6-18(25)7-5-17/h4-13,15H,2-3,14,16H2,1H3,(H,27,28). The molecular weight excluding hydrogens is 417 g/mol. The number of unbranched alkanes of at least 4 members (excludes halogenated alkanes) is 1. The van der Waals surface area contributed by atoms with E-state index in [1.54, 1.807) is 0 Å². The van der Waals surface area contributed by atoms with E-state index >= 15 is 0 Å². The van der Waals surface area contributed by atoms with E-state index in [0.717, 1.165) is 58.5 Å². The van der Waals surface area contributed by atoms with Crippen LogP contribution in [-0.4, -0.2) is 16.2 Å². The second-order valence-corrected chi connectivity index (χ2v) is 7.95. The van der Waals surface area contributed by atoms with Crippen molar-refractivity contribution in [2.24, 2.45) is 0 Å². The zero-order valence-corrected chi connectivity index (χ0v) is 18.2. The summed E-state index contributed by atoms with van der Waals surface area (Å²) in [6.45, 7) is 3.51. The molecule has 0 atom stereocenters. The first kappa shape index (κ1) is 20.6. The number of anilines is 1. The molecule has 1 aromatic heterocycles. The fourth-order valence-corrected chi connectivity index (χ4v) is 3.53. The molecule has 0 unspecified atom stereocenters. The number of benzene rings is 3. The van der Waals surface area contributed by atoms with Crippen LogP contribution in [0.5, 0.6) is 5.75 Å². The highest BCUT2D eigenvalue weighted by Crippen LogP contribution is 2.28. The minimum absolute atomic E-state index is 0.631. The van der Waals surface area contributed by atoms with Gasteiger partial charge in [-0.05, 0) is 66.6 Å². The van der Waals surface area contributed by atoms with E-state index in [0.29, 0.717) is 11.6 Å². The summed E-state index contributed by atoms with van der Waals surface area (Å²) in [5, 5.41) is 4.84. The maximum absolute atomic E-state index is 6.28. The Morgan fingerprint density at radius 3 is 2.40 bits per heavy atom. The van der Waals surface area contributed by atoms with Gasteiger partial charge in [0.2, 0.25) is 5.95 Å². The lowest BCUT2D eigenvalue weighted by Gasteiger charge is -2.12. The molecule has 4 nitrogen and oxygen atoms in total. The van der Waals surface area contributed by atoms with Crippen LogP contribution in [0, 0.1) is 0 Å². The molecule has 0 aliphatic rings. The summed E-state index contributed by atoms with van der Waals surface area (Å²) in [5.74, 6) is 1.62. The van der Waals surface area contributed by atoms with Crippen molar-refractivity contribution < 1.29 is 4.74 Å². The Bertz CT molecular complexity index is 1120. The summed E-state index contributed by atoms with van der Waals surface area (Å²) in [5.41, 5.74) is 3.93. The second-order valence-electron chi connectivity index (χ2n) is 7.08. The van der Waals surface area contributed by atoms with E-state index in [9.17, 15) is 0 Å². The van der Waals surface area contributed by atoms with Crippen molar-refractivity contribution in [3.8, 4) is 11.4 Å². The zero-order valence-electron chi connectivity index (χ0n) is 16.7. The molecule has 0 fully saturated rings. The predicted molar refractivity (Wildman–Crippen MR) is 125 cm³/mol. The van der Waals surface area contributed by atoms with Crippen molar-refractivity contribution in [2.75, 3.05) is 11.9 Å². The molecule has 0 amide bonds. The van der Waals surface area contributed by atoms with Crippen LogP contribution in [0.3, 0.4) is 0 Å². The third-order valence-corrected chi connectivity index (χ3v) is 5.33. The molecule has 0 aliphatic heterocycles. The summed E-state index contributed by atoms with van der Waals surface area (Å²) < 4.78 is 7.87. The zero-order chi connectivity index (χ0) is 20.9. The Kier molecular flexibility index (Phi) is 6.46. The molecule has 0 radical (unpaired) electrons. The topological polar surface area (TPSA) is 39.1 Å². The van der Waals surface area contributed by atoms with Gasteiger partial charge in [0, 0.05) is 22.3 Å². The largest absolute Gasteiger partial charge is 0.494 e. The number of nitrogens with zero attached hydrogens (tertiary/aromatic N) is 2. The Labute approximate surface area is 186 Å². The van der Waals surface area contributed by atoms with Crippen molar-refractivity contribution in [3.63, 3.8) is 0 Å². The van der Waals surface area contributed by atoms with Crippen LogP contribution in [0.1, 0.15) is 25.3 Å². The first-order chi connectivity index (χ1) is 14.6. The Morgan fingerprint density at radius 1 is 0.933 bits per heavy atom. The SMILES string of the molecule is CCCCOc1ccc(-n2c(NCc3ccc(Cl)cc3)nc3ccc(Cl)cc32)cc1. The van der Waals surface area contributed by atoms with Crippen LogP contribution in [0.2, 0.25) is 10.0 Å². The highest BCUT2D eigenvalue weighted by Gasteiger charge is 2.13.